The first-order chi connectivity index (χ1) is 10.2. The van der Waals surface area contributed by atoms with E-state index in [2.05, 4.69) is 22.2 Å². The molecule has 3 heterocycles. The monoisotopic (exact) mass is 307 g/mol. The van der Waals surface area contributed by atoms with Gasteiger partial charge in [0.05, 0.1) is 18.7 Å². The van der Waals surface area contributed by atoms with Crippen LogP contribution in [0, 0.1) is 5.92 Å². The van der Waals surface area contributed by atoms with E-state index in [9.17, 15) is 4.79 Å². The van der Waals surface area contributed by atoms with E-state index in [0.29, 0.717) is 6.42 Å². The third-order valence-electron chi connectivity index (χ3n) is 4.63. The van der Waals surface area contributed by atoms with Gasteiger partial charge in [0, 0.05) is 18.5 Å². The first-order valence-corrected chi connectivity index (χ1v) is 9.02. The Kier molecular flexibility index (Phi) is 4.91. The summed E-state index contributed by atoms with van der Waals surface area (Å²) >= 11 is 1.70. The summed E-state index contributed by atoms with van der Waals surface area (Å²) in [6, 6.07) is 0. The highest BCUT2D eigenvalue weighted by Crippen LogP contribution is 2.19. The highest BCUT2D eigenvalue weighted by atomic mass is 32.1. The summed E-state index contributed by atoms with van der Waals surface area (Å²) in [6.45, 7) is 7.46. The van der Waals surface area contributed by atoms with Crippen LogP contribution in [0.4, 0.5) is 0 Å². The van der Waals surface area contributed by atoms with Crippen LogP contribution in [-0.4, -0.2) is 46.9 Å². The lowest BCUT2D eigenvalue weighted by Crippen LogP contribution is -2.38. The third-order valence-corrected chi connectivity index (χ3v) is 5.51. The van der Waals surface area contributed by atoms with Crippen molar-refractivity contribution in [3.63, 3.8) is 0 Å². The third kappa shape index (κ3) is 4.04. The number of rotatable bonds is 4. The molecule has 21 heavy (non-hydrogen) atoms. The fraction of sp³-hybridized carbons (Fsp3) is 0.750. The molecule has 5 heteroatoms. The number of amides is 1. The molecule has 0 atom stereocenters. The molecule has 0 N–H and O–H groups in total. The molecule has 0 spiro atoms. The van der Waals surface area contributed by atoms with E-state index >= 15 is 0 Å². The van der Waals surface area contributed by atoms with Crippen LogP contribution in [-0.2, 0) is 17.8 Å². The highest BCUT2D eigenvalue weighted by molar-refractivity contribution is 7.09. The smallest absolute Gasteiger partial charge is 0.228 e. The molecule has 0 radical (unpaired) electrons. The second-order valence-electron chi connectivity index (χ2n) is 6.46. The lowest BCUT2D eigenvalue weighted by Gasteiger charge is -2.30. The minimum atomic E-state index is 0.250. The van der Waals surface area contributed by atoms with E-state index < -0.39 is 0 Å². The van der Waals surface area contributed by atoms with Gasteiger partial charge in [-0.3, -0.25) is 9.69 Å². The lowest BCUT2D eigenvalue weighted by atomic mass is 9.99. The van der Waals surface area contributed by atoms with Crippen LogP contribution in [0.3, 0.4) is 0 Å². The van der Waals surface area contributed by atoms with Crippen molar-refractivity contribution in [3.8, 4) is 0 Å². The Morgan fingerprint density at radius 2 is 2.00 bits per heavy atom. The second-order valence-corrected chi connectivity index (χ2v) is 7.40. The molecule has 4 nitrogen and oxygen atoms in total. The van der Waals surface area contributed by atoms with Gasteiger partial charge < -0.3 is 4.90 Å². The Balaban J connectivity index is 1.50. The van der Waals surface area contributed by atoms with Crippen molar-refractivity contribution in [1.82, 2.24) is 14.8 Å². The first-order valence-electron chi connectivity index (χ1n) is 8.14. The molecule has 0 bridgehead atoms. The number of likely N-dealkylation sites (tertiary alicyclic amines) is 2. The molecule has 0 unspecified atom stereocenters. The van der Waals surface area contributed by atoms with Crippen LogP contribution in [0.2, 0.25) is 0 Å². The number of aromatic nitrogens is 1. The number of nitrogens with zero attached hydrogens (tertiary/aromatic N) is 3. The van der Waals surface area contributed by atoms with Crippen LogP contribution < -0.4 is 0 Å². The van der Waals surface area contributed by atoms with E-state index in [1.165, 1.54) is 25.9 Å². The molecule has 2 fully saturated rings. The molecule has 1 aromatic rings. The topological polar surface area (TPSA) is 36.4 Å². The Bertz CT molecular complexity index is 474. The van der Waals surface area contributed by atoms with E-state index in [1.807, 2.05) is 4.90 Å². The van der Waals surface area contributed by atoms with Crippen LogP contribution in [0.25, 0.3) is 0 Å². The minimum absolute atomic E-state index is 0.250. The fourth-order valence-electron chi connectivity index (χ4n) is 3.16. The Morgan fingerprint density at radius 1 is 1.29 bits per heavy atom. The predicted molar refractivity (Wildman–Crippen MR) is 85.3 cm³/mol. The molecule has 2 aliphatic rings. The van der Waals surface area contributed by atoms with Crippen molar-refractivity contribution >= 4 is 17.2 Å². The Hall–Kier alpha value is -0.940. The number of carbonyl (C=O) groups is 1. The number of hydrogen-bond acceptors (Lipinski definition) is 4. The molecule has 2 aliphatic heterocycles. The fourth-order valence-corrected chi connectivity index (χ4v) is 3.99. The van der Waals surface area contributed by atoms with Crippen LogP contribution in [0.1, 0.15) is 43.3 Å². The molecule has 0 aromatic carbocycles. The van der Waals surface area contributed by atoms with Crippen molar-refractivity contribution in [1.29, 1.82) is 0 Å². The number of piperidine rings is 1. The van der Waals surface area contributed by atoms with Crippen molar-refractivity contribution in [2.75, 3.05) is 26.2 Å². The molecular weight excluding hydrogens is 282 g/mol. The van der Waals surface area contributed by atoms with Gasteiger partial charge in [0.25, 0.3) is 0 Å². The van der Waals surface area contributed by atoms with Crippen LogP contribution >= 0.6 is 11.3 Å². The Labute approximate surface area is 131 Å². The summed E-state index contributed by atoms with van der Waals surface area (Å²) in [5.41, 5.74) is 0.956. The van der Waals surface area contributed by atoms with Gasteiger partial charge in [-0.1, -0.05) is 6.92 Å². The standard InChI is InChI=1S/C16H25N3OS/c1-13-4-8-19(9-5-13)16(20)10-14-12-21-15(17-14)11-18-6-2-3-7-18/h12-13H,2-11H2,1H3. The lowest BCUT2D eigenvalue weighted by molar-refractivity contribution is -0.131. The first kappa shape index (κ1) is 15.0. The van der Waals surface area contributed by atoms with E-state index in [1.54, 1.807) is 11.3 Å². The van der Waals surface area contributed by atoms with Gasteiger partial charge in [0.2, 0.25) is 5.91 Å². The minimum Gasteiger partial charge on any atom is -0.342 e. The van der Waals surface area contributed by atoms with Crippen molar-refractivity contribution in [2.45, 2.75) is 45.6 Å². The molecule has 116 valence electrons. The normalized spacial score (nSPS) is 21.1. The summed E-state index contributed by atoms with van der Waals surface area (Å²) in [5, 5.41) is 3.22. The molecular formula is C16H25N3OS. The zero-order valence-corrected chi connectivity index (χ0v) is 13.7. The zero-order chi connectivity index (χ0) is 14.7. The molecule has 1 aromatic heterocycles. The van der Waals surface area contributed by atoms with Crippen molar-refractivity contribution in [2.24, 2.45) is 5.92 Å². The summed E-state index contributed by atoms with van der Waals surface area (Å²) in [4.78, 5) is 21.4. The zero-order valence-electron chi connectivity index (χ0n) is 12.9. The quantitative estimate of drug-likeness (QED) is 0.858. The predicted octanol–water partition coefficient (Wildman–Crippen LogP) is 2.54. The van der Waals surface area contributed by atoms with E-state index in [0.717, 1.165) is 49.1 Å². The maximum atomic E-state index is 12.3. The van der Waals surface area contributed by atoms with Gasteiger partial charge in [-0.15, -0.1) is 11.3 Å². The van der Waals surface area contributed by atoms with Crippen molar-refractivity contribution in [3.05, 3.63) is 16.1 Å². The average molecular weight is 307 g/mol. The summed E-state index contributed by atoms with van der Waals surface area (Å²) in [5.74, 6) is 1.01. The Morgan fingerprint density at radius 3 is 2.71 bits per heavy atom. The average Bonchev–Trinajstić information content (AvgIpc) is 3.12. The van der Waals surface area contributed by atoms with Gasteiger partial charge in [-0.05, 0) is 44.7 Å². The molecule has 3 rings (SSSR count). The molecule has 0 saturated carbocycles. The van der Waals surface area contributed by atoms with Crippen molar-refractivity contribution < 1.29 is 4.79 Å². The van der Waals surface area contributed by atoms with Gasteiger partial charge in [0.15, 0.2) is 0 Å². The number of carbonyl (C=O) groups excluding carboxylic acids is 1. The maximum absolute atomic E-state index is 12.3. The van der Waals surface area contributed by atoms with E-state index in [-0.39, 0.29) is 5.91 Å². The van der Waals surface area contributed by atoms with Gasteiger partial charge >= 0.3 is 0 Å². The van der Waals surface area contributed by atoms with Crippen LogP contribution in [0.5, 0.6) is 0 Å². The molecule has 2 saturated heterocycles. The largest absolute Gasteiger partial charge is 0.342 e. The van der Waals surface area contributed by atoms with Crippen LogP contribution in [0.15, 0.2) is 5.38 Å². The summed E-state index contributed by atoms with van der Waals surface area (Å²) in [6.07, 6.45) is 5.38. The van der Waals surface area contributed by atoms with Gasteiger partial charge in [-0.2, -0.15) is 0 Å². The second kappa shape index (κ2) is 6.88. The number of hydrogen-bond donors (Lipinski definition) is 0. The summed E-state index contributed by atoms with van der Waals surface area (Å²) in [7, 11) is 0. The van der Waals surface area contributed by atoms with Gasteiger partial charge in [-0.25, -0.2) is 4.98 Å². The SMILES string of the molecule is CC1CCN(C(=O)Cc2csc(CN3CCCC3)n2)CC1. The van der Waals surface area contributed by atoms with E-state index in [4.69, 9.17) is 0 Å². The molecule has 1 amide bonds. The molecule has 0 aliphatic carbocycles. The summed E-state index contributed by atoms with van der Waals surface area (Å²) < 4.78 is 0. The highest BCUT2D eigenvalue weighted by Gasteiger charge is 2.21. The maximum Gasteiger partial charge on any atom is 0.228 e. The van der Waals surface area contributed by atoms with Gasteiger partial charge in [0.1, 0.15) is 5.01 Å². The number of thiazole rings is 1.